The van der Waals surface area contributed by atoms with Gasteiger partial charge in [0.25, 0.3) is 0 Å². The number of para-hydroxylation sites is 2. The molecule has 0 radical (unpaired) electrons. The number of H-pyrrole nitrogens is 1. The van der Waals surface area contributed by atoms with Crippen LogP contribution in [0.1, 0.15) is 13.8 Å². The molecule has 0 spiro atoms. The van der Waals surface area contributed by atoms with Crippen LogP contribution in [0.5, 0.6) is 0 Å². The Hall–Kier alpha value is -1.56. The number of hydrogen-bond donors (Lipinski definition) is 2. The molecule has 1 heterocycles. The number of benzene rings is 1. The second kappa shape index (κ2) is 4.37. The van der Waals surface area contributed by atoms with Gasteiger partial charge in [0, 0.05) is 0 Å². The van der Waals surface area contributed by atoms with Gasteiger partial charge in [0.15, 0.2) is 0 Å². The molecule has 0 aliphatic heterocycles. The molecule has 5 nitrogen and oxygen atoms in total. The summed E-state index contributed by atoms with van der Waals surface area (Å²) in [6.45, 7) is 3.72. The Morgan fingerprint density at radius 2 is 2.06 bits per heavy atom. The van der Waals surface area contributed by atoms with Crippen molar-refractivity contribution in [1.82, 2.24) is 9.97 Å². The third kappa shape index (κ3) is 2.97. The van der Waals surface area contributed by atoms with Gasteiger partial charge in [-0.25, -0.2) is 13.4 Å². The van der Waals surface area contributed by atoms with Crippen LogP contribution in [0.4, 0.5) is 5.95 Å². The molecular formula is C11H15N3O2S. The van der Waals surface area contributed by atoms with Crippen LogP contribution in [-0.4, -0.2) is 24.1 Å². The van der Waals surface area contributed by atoms with Crippen LogP contribution < -0.4 is 4.72 Å². The van der Waals surface area contributed by atoms with Crippen LogP contribution in [0, 0.1) is 5.92 Å². The molecule has 6 heteroatoms. The Morgan fingerprint density at radius 3 is 2.71 bits per heavy atom. The maximum Gasteiger partial charge on any atom is 0.235 e. The smallest absolute Gasteiger partial charge is 0.235 e. The van der Waals surface area contributed by atoms with E-state index in [2.05, 4.69) is 14.7 Å². The monoisotopic (exact) mass is 253 g/mol. The summed E-state index contributed by atoms with van der Waals surface area (Å²) >= 11 is 0. The van der Waals surface area contributed by atoms with Crippen LogP contribution in [0.15, 0.2) is 24.3 Å². The summed E-state index contributed by atoms with van der Waals surface area (Å²) < 4.78 is 25.9. The Bertz CT molecular complexity index is 583. The number of aromatic amines is 1. The summed E-state index contributed by atoms with van der Waals surface area (Å²) in [5.74, 6) is 0.438. The lowest BCUT2D eigenvalue weighted by molar-refractivity contribution is 0.587. The maximum absolute atomic E-state index is 11.7. The van der Waals surface area contributed by atoms with Crippen molar-refractivity contribution in [2.45, 2.75) is 13.8 Å². The number of hydrogen-bond acceptors (Lipinski definition) is 3. The second-order valence-electron chi connectivity index (χ2n) is 4.38. The standard InChI is InChI=1S/C11H15N3O2S/c1-8(2)7-17(15,16)14-11-12-9-5-3-4-6-10(9)13-11/h3-6,8H,7H2,1-2H3,(H2,12,13,14). The van der Waals surface area contributed by atoms with Gasteiger partial charge >= 0.3 is 0 Å². The number of sulfonamides is 1. The van der Waals surface area contributed by atoms with Gasteiger partial charge < -0.3 is 4.98 Å². The molecule has 0 bridgehead atoms. The van der Waals surface area contributed by atoms with E-state index >= 15 is 0 Å². The molecule has 92 valence electrons. The number of imidazole rings is 1. The topological polar surface area (TPSA) is 74.8 Å². The Balaban J connectivity index is 2.24. The summed E-state index contributed by atoms with van der Waals surface area (Å²) in [6.07, 6.45) is 0. The van der Waals surface area contributed by atoms with E-state index in [0.717, 1.165) is 11.0 Å². The third-order valence-electron chi connectivity index (χ3n) is 2.19. The molecule has 0 aliphatic carbocycles. The molecular weight excluding hydrogens is 238 g/mol. The lowest BCUT2D eigenvalue weighted by Gasteiger charge is -2.06. The van der Waals surface area contributed by atoms with Gasteiger partial charge in [-0.2, -0.15) is 0 Å². The minimum absolute atomic E-state index is 0.0804. The minimum atomic E-state index is -3.33. The summed E-state index contributed by atoms with van der Waals surface area (Å²) in [6, 6.07) is 7.40. The number of aromatic nitrogens is 2. The zero-order valence-corrected chi connectivity index (χ0v) is 10.6. The van der Waals surface area contributed by atoms with Gasteiger partial charge in [-0.1, -0.05) is 26.0 Å². The van der Waals surface area contributed by atoms with Crippen molar-refractivity contribution in [3.63, 3.8) is 0 Å². The largest absolute Gasteiger partial charge is 0.323 e. The van der Waals surface area contributed by atoms with E-state index < -0.39 is 10.0 Å². The predicted octanol–water partition coefficient (Wildman–Crippen LogP) is 1.96. The van der Waals surface area contributed by atoms with Crippen LogP contribution in [0.3, 0.4) is 0 Å². The first-order valence-corrected chi connectivity index (χ1v) is 7.07. The maximum atomic E-state index is 11.7. The van der Waals surface area contributed by atoms with Crippen molar-refractivity contribution in [2.75, 3.05) is 10.5 Å². The summed E-state index contributed by atoms with van der Waals surface area (Å²) in [5.41, 5.74) is 1.56. The first-order valence-electron chi connectivity index (χ1n) is 5.41. The number of nitrogens with one attached hydrogen (secondary N) is 2. The normalized spacial score (nSPS) is 12.2. The zero-order chi connectivity index (χ0) is 12.5. The molecule has 17 heavy (non-hydrogen) atoms. The molecule has 1 aromatic heterocycles. The fourth-order valence-electron chi connectivity index (χ4n) is 1.63. The molecule has 0 saturated heterocycles. The predicted molar refractivity (Wildman–Crippen MR) is 68.3 cm³/mol. The van der Waals surface area contributed by atoms with E-state index in [9.17, 15) is 8.42 Å². The second-order valence-corrected chi connectivity index (χ2v) is 6.15. The zero-order valence-electron chi connectivity index (χ0n) is 9.77. The van der Waals surface area contributed by atoms with Gasteiger partial charge in [0.2, 0.25) is 16.0 Å². The molecule has 0 unspecified atom stereocenters. The van der Waals surface area contributed by atoms with Crippen LogP contribution in [-0.2, 0) is 10.0 Å². The SMILES string of the molecule is CC(C)CS(=O)(=O)Nc1nc2ccccc2[nH]1. The van der Waals surface area contributed by atoms with Gasteiger partial charge in [0.1, 0.15) is 0 Å². The van der Waals surface area contributed by atoms with Crippen molar-refractivity contribution >= 4 is 27.0 Å². The molecule has 2 rings (SSSR count). The Labute approximate surface area is 100 Å². The van der Waals surface area contributed by atoms with Crippen molar-refractivity contribution in [1.29, 1.82) is 0 Å². The quantitative estimate of drug-likeness (QED) is 0.874. The lowest BCUT2D eigenvalue weighted by atomic mass is 10.3. The van der Waals surface area contributed by atoms with Crippen molar-refractivity contribution in [3.05, 3.63) is 24.3 Å². The number of nitrogens with zero attached hydrogens (tertiary/aromatic N) is 1. The lowest BCUT2D eigenvalue weighted by Crippen LogP contribution is -2.20. The van der Waals surface area contributed by atoms with Crippen LogP contribution in [0.25, 0.3) is 11.0 Å². The number of fused-ring (bicyclic) bond motifs is 1. The van der Waals surface area contributed by atoms with E-state index in [1.165, 1.54) is 0 Å². The van der Waals surface area contributed by atoms with Gasteiger partial charge in [-0.3, -0.25) is 4.72 Å². The molecule has 0 aliphatic rings. The first kappa shape index (κ1) is 11.9. The highest BCUT2D eigenvalue weighted by Crippen LogP contribution is 2.14. The summed E-state index contributed by atoms with van der Waals surface area (Å²) in [5, 5.41) is 0. The molecule has 2 aromatic rings. The van der Waals surface area contributed by atoms with Gasteiger partial charge in [-0.15, -0.1) is 0 Å². The number of rotatable bonds is 4. The highest BCUT2D eigenvalue weighted by Gasteiger charge is 2.14. The van der Waals surface area contributed by atoms with Crippen LogP contribution in [0.2, 0.25) is 0 Å². The van der Waals surface area contributed by atoms with E-state index in [4.69, 9.17) is 0 Å². The molecule has 0 atom stereocenters. The van der Waals surface area contributed by atoms with Crippen LogP contribution >= 0.6 is 0 Å². The first-order chi connectivity index (χ1) is 7.96. The van der Waals surface area contributed by atoms with E-state index in [1.54, 1.807) is 0 Å². The average Bonchev–Trinajstić information content (AvgIpc) is 2.55. The van der Waals surface area contributed by atoms with E-state index in [0.29, 0.717) is 0 Å². The third-order valence-corrected chi connectivity index (χ3v) is 3.80. The Kier molecular flexibility index (Phi) is 3.06. The highest BCUT2D eigenvalue weighted by molar-refractivity contribution is 7.92. The van der Waals surface area contributed by atoms with E-state index in [-0.39, 0.29) is 17.6 Å². The summed E-state index contributed by atoms with van der Waals surface area (Å²) in [7, 11) is -3.33. The fraction of sp³-hybridized carbons (Fsp3) is 0.364. The Morgan fingerprint density at radius 1 is 1.35 bits per heavy atom. The molecule has 0 amide bonds. The fourth-order valence-corrected chi connectivity index (χ4v) is 2.98. The average molecular weight is 253 g/mol. The minimum Gasteiger partial charge on any atom is -0.323 e. The molecule has 0 saturated carbocycles. The van der Waals surface area contributed by atoms with E-state index in [1.807, 2.05) is 38.1 Å². The molecule has 2 N–H and O–H groups in total. The van der Waals surface area contributed by atoms with Crippen molar-refractivity contribution < 1.29 is 8.42 Å². The number of anilines is 1. The van der Waals surface area contributed by atoms with Crippen molar-refractivity contribution in [3.8, 4) is 0 Å². The van der Waals surface area contributed by atoms with Crippen molar-refractivity contribution in [2.24, 2.45) is 5.92 Å². The summed E-state index contributed by atoms with van der Waals surface area (Å²) in [4.78, 5) is 7.08. The highest BCUT2D eigenvalue weighted by atomic mass is 32.2. The van der Waals surface area contributed by atoms with Gasteiger partial charge in [0.05, 0.1) is 16.8 Å². The molecule has 0 fully saturated rings. The van der Waals surface area contributed by atoms with Gasteiger partial charge in [-0.05, 0) is 18.1 Å². The molecule has 1 aromatic carbocycles.